The number of morpholine rings is 1. The molecule has 3 aliphatic rings. The average molecular weight is 651 g/mol. The number of nitrogens with one attached hydrogen (secondary N) is 2. The summed E-state index contributed by atoms with van der Waals surface area (Å²) < 4.78 is 5.49. The molecule has 0 unspecified atom stereocenters. The van der Waals surface area contributed by atoms with Gasteiger partial charge in [0.05, 0.1) is 23.7 Å². The summed E-state index contributed by atoms with van der Waals surface area (Å²) in [6.07, 6.45) is 0.727. The van der Waals surface area contributed by atoms with E-state index in [1.807, 2.05) is 24.3 Å². The first-order valence-electron chi connectivity index (χ1n) is 16.1. The van der Waals surface area contributed by atoms with Crippen LogP contribution in [0.15, 0.2) is 60.7 Å². The van der Waals surface area contributed by atoms with Crippen LogP contribution in [0.2, 0.25) is 0 Å². The molecule has 0 saturated carbocycles. The largest absolute Gasteiger partial charge is 0.378 e. The van der Waals surface area contributed by atoms with Crippen LogP contribution in [0.1, 0.15) is 47.9 Å². The van der Waals surface area contributed by atoms with E-state index in [1.165, 1.54) is 17.0 Å². The Hall–Kier alpha value is -5.24. The number of carbonyl (C=O) groups is 4. The van der Waals surface area contributed by atoms with E-state index in [1.54, 1.807) is 24.3 Å². The zero-order valence-corrected chi connectivity index (χ0v) is 26.2. The number of nitrogens with zero attached hydrogens (tertiary/aromatic N) is 4. The molecule has 48 heavy (non-hydrogen) atoms. The van der Waals surface area contributed by atoms with E-state index < -0.39 is 16.7 Å². The van der Waals surface area contributed by atoms with Gasteiger partial charge in [-0.1, -0.05) is 24.3 Å². The number of rotatable bonds is 12. The van der Waals surface area contributed by atoms with Crippen molar-refractivity contribution in [3.05, 3.63) is 93.0 Å². The molecule has 13 nitrogen and oxygen atoms in total. The summed E-state index contributed by atoms with van der Waals surface area (Å²) in [6, 6.07) is 17.0. The second-order valence-corrected chi connectivity index (χ2v) is 12.0. The molecule has 4 aromatic carbocycles. The first-order chi connectivity index (χ1) is 23.3. The number of anilines is 1. The van der Waals surface area contributed by atoms with Crippen LogP contribution in [-0.2, 0) is 4.74 Å². The van der Waals surface area contributed by atoms with Gasteiger partial charge in [0.1, 0.15) is 0 Å². The number of imide groups is 2. The number of benzene rings is 4. The Kier molecular flexibility index (Phi) is 8.56. The van der Waals surface area contributed by atoms with Crippen molar-refractivity contribution in [2.45, 2.75) is 6.42 Å². The highest BCUT2D eigenvalue weighted by Gasteiger charge is 2.35. The van der Waals surface area contributed by atoms with Crippen LogP contribution < -0.4 is 15.5 Å². The molecule has 3 aliphatic heterocycles. The molecule has 4 aromatic rings. The number of non-ortho nitro benzene ring substituents is 1. The zero-order valence-electron chi connectivity index (χ0n) is 26.2. The van der Waals surface area contributed by atoms with E-state index in [9.17, 15) is 29.3 Å². The van der Waals surface area contributed by atoms with Crippen LogP contribution in [0.3, 0.4) is 0 Å². The van der Waals surface area contributed by atoms with Crippen LogP contribution in [0.5, 0.6) is 0 Å². The maximum atomic E-state index is 13.4. The summed E-state index contributed by atoms with van der Waals surface area (Å²) in [6.45, 7) is 5.15. The topological polar surface area (TPSA) is 154 Å². The first-order valence-corrected chi connectivity index (χ1v) is 16.1. The Morgan fingerprint density at radius 2 is 1.27 bits per heavy atom. The summed E-state index contributed by atoms with van der Waals surface area (Å²) in [5.41, 5.74) is 2.38. The fraction of sp³-hybridized carbons (Fsp3) is 0.314. The van der Waals surface area contributed by atoms with Crippen LogP contribution in [-0.4, -0.2) is 104 Å². The summed E-state index contributed by atoms with van der Waals surface area (Å²) in [7, 11) is 0. The normalized spacial score (nSPS) is 16.0. The van der Waals surface area contributed by atoms with Crippen LogP contribution >= 0.6 is 0 Å². The molecule has 0 atom stereocenters. The Bertz CT molecular complexity index is 1970. The molecule has 7 rings (SSSR count). The molecular formula is C35H34N6O7. The number of hydrogen-bond acceptors (Lipinski definition) is 10. The van der Waals surface area contributed by atoms with Crippen LogP contribution in [0, 0.1) is 10.1 Å². The van der Waals surface area contributed by atoms with E-state index in [2.05, 4.69) is 15.5 Å². The van der Waals surface area contributed by atoms with Crippen molar-refractivity contribution in [2.24, 2.45) is 0 Å². The van der Waals surface area contributed by atoms with Gasteiger partial charge in [0, 0.05) is 89.9 Å². The van der Waals surface area contributed by atoms with Gasteiger partial charge in [-0.3, -0.25) is 39.1 Å². The Balaban J connectivity index is 0.883. The van der Waals surface area contributed by atoms with Gasteiger partial charge in [0.25, 0.3) is 29.3 Å². The third-order valence-corrected chi connectivity index (χ3v) is 9.18. The third kappa shape index (κ3) is 5.55. The molecule has 4 amide bonds. The molecule has 0 aliphatic carbocycles. The number of nitro benzene ring substituents is 1. The maximum Gasteiger partial charge on any atom is 0.270 e. The summed E-state index contributed by atoms with van der Waals surface area (Å²) >= 11 is 0. The van der Waals surface area contributed by atoms with Gasteiger partial charge in [-0.15, -0.1) is 0 Å². The van der Waals surface area contributed by atoms with Gasteiger partial charge >= 0.3 is 0 Å². The van der Waals surface area contributed by atoms with Gasteiger partial charge < -0.3 is 20.3 Å². The Labute approximate surface area is 275 Å². The lowest BCUT2D eigenvalue weighted by Crippen LogP contribution is -2.44. The number of ether oxygens (including phenoxy) is 1. The average Bonchev–Trinajstić information content (AvgIpc) is 3.11. The highest BCUT2D eigenvalue weighted by atomic mass is 16.6. The number of nitro groups is 1. The fourth-order valence-electron chi connectivity index (χ4n) is 6.83. The first kappa shape index (κ1) is 31.4. The van der Waals surface area contributed by atoms with E-state index in [4.69, 9.17) is 4.74 Å². The van der Waals surface area contributed by atoms with Crippen molar-refractivity contribution in [1.29, 1.82) is 0 Å². The molecule has 0 aromatic heterocycles. The second kappa shape index (κ2) is 13.1. The van der Waals surface area contributed by atoms with Crippen LogP contribution in [0.4, 0.5) is 11.4 Å². The Morgan fingerprint density at radius 1 is 0.688 bits per heavy atom. The SMILES string of the molecule is O=C1c2cccc3cc([N+](=O)[O-])cc(c23)C(=O)N1CCNCCCNCCN1C(=O)c2cccc3c(N4CCOCC4)ccc(c23)C1=O. The van der Waals surface area contributed by atoms with Crippen molar-refractivity contribution >= 4 is 56.5 Å². The van der Waals surface area contributed by atoms with E-state index in [-0.39, 0.29) is 36.2 Å². The minimum Gasteiger partial charge on any atom is -0.378 e. The van der Waals surface area contributed by atoms with Crippen molar-refractivity contribution in [3.8, 4) is 0 Å². The standard InChI is InChI=1S/C35H34N6O7/c42-32-25-6-1-4-22-20-23(41(46)47)21-28(30(22)25)35(45)40(32)15-13-37-11-3-10-36-12-14-39-33(43)26-7-2-5-24-29(38-16-18-48-19-17-38)9-8-27(31(24)26)34(39)44/h1-2,4-9,20-21,36-37H,3,10-19H2. The molecule has 13 heteroatoms. The fourth-order valence-corrected chi connectivity index (χ4v) is 6.83. The molecule has 246 valence electrons. The third-order valence-electron chi connectivity index (χ3n) is 9.18. The number of amides is 4. The van der Waals surface area contributed by atoms with E-state index in [0.717, 1.165) is 35.5 Å². The molecule has 2 N–H and O–H groups in total. The predicted molar refractivity (Wildman–Crippen MR) is 179 cm³/mol. The minimum atomic E-state index is -0.547. The van der Waals surface area contributed by atoms with Gasteiger partial charge in [-0.05, 0) is 49.2 Å². The molecule has 0 spiro atoms. The number of hydrogen-bond donors (Lipinski definition) is 2. The van der Waals surface area contributed by atoms with E-state index >= 15 is 0 Å². The molecule has 3 heterocycles. The Morgan fingerprint density at radius 3 is 1.92 bits per heavy atom. The predicted octanol–water partition coefficient (Wildman–Crippen LogP) is 3.20. The highest BCUT2D eigenvalue weighted by Crippen LogP contribution is 2.36. The van der Waals surface area contributed by atoms with Gasteiger partial charge in [-0.25, -0.2) is 0 Å². The molecule has 1 saturated heterocycles. The van der Waals surface area contributed by atoms with Crippen molar-refractivity contribution < 1.29 is 28.8 Å². The van der Waals surface area contributed by atoms with Crippen molar-refractivity contribution in [2.75, 3.05) is 70.5 Å². The van der Waals surface area contributed by atoms with Gasteiger partial charge in [-0.2, -0.15) is 0 Å². The second-order valence-electron chi connectivity index (χ2n) is 12.0. The van der Waals surface area contributed by atoms with Crippen molar-refractivity contribution in [1.82, 2.24) is 20.4 Å². The molecule has 1 fully saturated rings. The van der Waals surface area contributed by atoms with Crippen molar-refractivity contribution in [3.63, 3.8) is 0 Å². The van der Waals surface area contributed by atoms with Crippen LogP contribution in [0.25, 0.3) is 21.5 Å². The number of carbonyl (C=O) groups excluding carboxylic acids is 4. The molecule has 0 bridgehead atoms. The lowest BCUT2D eigenvalue weighted by molar-refractivity contribution is -0.384. The zero-order chi connectivity index (χ0) is 33.4. The lowest BCUT2D eigenvalue weighted by Gasteiger charge is -2.32. The summed E-state index contributed by atoms with van der Waals surface area (Å²) in [4.78, 5) is 68.7. The minimum absolute atomic E-state index is 0.116. The summed E-state index contributed by atoms with van der Waals surface area (Å²) in [5, 5.41) is 20.5. The molecular weight excluding hydrogens is 616 g/mol. The smallest absolute Gasteiger partial charge is 0.270 e. The monoisotopic (exact) mass is 650 g/mol. The molecule has 0 radical (unpaired) electrons. The van der Waals surface area contributed by atoms with Gasteiger partial charge in [0.2, 0.25) is 0 Å². The summed E-state index contributed by atoms with van der Waals surface area (Å²) in [5.74, 6) is -1.56. The lowest BCUT2D eigenvalue weighted by atomic mass is 9.92. The van der Waals surface area contributed by atoms with E-state index in [0.29, 0.717) is 72.2 Å². The van der Waals surface area contributed by atoms with Gasteiger partial charge in [0.15, 0.2) is 0 Å². The maximum absolute atomic E-state index is 13.4. The highest BCUT2D eigenvalue weighted by molar-refractivity contribution is 6.27. The quantitative estimate of drug-likeness (QED) is 0.101.